The monoisotopic (exact) mass is 237 g/mol. The van der Waals surface area contributed by atoms with Gasteiger partial charge in [0.15, 0.2) is 0 Å². The first-order chi connectivity index (χ1) is 8.09. The number of halogens is 1. The molecule has 1 heterocycles. The number of rotatable bonds is 2. The molecule has 90 valence electrons. The highest BCUT2D eigenvalue weighted by Gasteiger charge is 2.24. The average molecular weight is 237 g/mol. The highest BCUT2D eigenvalue weighted by molar-refractivity contribution is 6.02. The van der Waals surface area contributed by atoms with Crippen molar-refractivity contribution in [3.8, 4) is 0 Å². The summed E-state index contributed by atoms with van der Waals surface area (Å²) in [5, 5.41) is 9.01. The summed E-state index contributed by atoms with van der Waals surface area (Å²) < 4.78 is 13.2. The number of carboxylic acids is 1. The van der Waals surface area contributed by atoms with Gasteiger partial charge in [-0.05, 0) is 31.0 Å². The second kappa shape index (κ2) is 4.53. The second-order valence-corrected chi connectivity index (χ2v) is 3.97. The Bertz CT molecular complexity index is 473. The number of carbonyl (C=O) groups excluding carboxylic acids is 1. The Hall–Kier alpha value is -1.91. The first kappa shape index (κ1) is 11.6. The Balaban J connectivity index is 2.45. The summed E-state index contributed by atoms with van der Waals surface area (Å²) in [4.78, 5) is 24.1. The maximum Gasteiger partial charge on any atom is 0.337 e. The number of carbonyl (C=O) groups is 2. The van der Waals surface area contributed by atoms with Crippen LogP contribution in [0.25, 0.3) is 0 Å². The summed E-state index contributed by atoms with van der Waals surface area (Å²) in [5.74, 6) is -1.84. The van der Waals surface area contributed by atoms with Gasteiger partial charge >= 0.3 is 5.97 Å². The van der Waals surface area contributed by atoms with Crippen molar-refractivity contribution in [1.29, 1.82) is 0 Å². The molecule has 1 fully saturated rings. The second-order valence-electron chi connectivity index (χ2n) is 3.97. The SMILES string of the molecule is O=C(O)c1ccc(F)cc1N1CCCCC1=O. The highest BCUT2D eigenvalue weighted by atomic mass is 19.1. The number of anilines is 1. The third-order valence-electron chi connectivity index (χ3n) is 2.80. The van der Waals surface area contributed by atoms with E-state index in [9.17, 15) is 14.0 Å². The van der Waals surface area contributed by atoms with Crippen molar-refractivity contribution in [2.24, 2.45) is 0 Å². The first-order valence-corrected chi connectivity index (χ1v) is 5.43. The number of piperidine rings is 1. The number of carboxylic acid groups (broad SMARTS) is 1. The third-order valence-corrected chi connectivity index (χ3v) is 2.80. The van der Waals surface area contributed by atoms with Crippen molar-refractivity contribution < 1.29 is 19.1 Å². The number of hydrogen-bond donors (Lipinski definition) is 1. The molecule has 0 aromatic heterocycles. The molecule has 0 aliphatic carbocycles. The molecule has 0 radical (unpaired) electrons. The van der Waals surface area contributed by atoms with Crippen molar-refractivity contribution in [2.75, 3.05) is 11.4 Å². The Labute approximate surface area is 97.7 Å². The molecule has 0 bridgehead atoms. The van der Waals surface area contributed by atoms with Crippen molar-refractivity contribution >= 4 is 17.6 Å². The quantitative estimate of drug-likeness (QED) is 0.856. The van der Waals surface area contributed by atoms with Crippen molar-refractivity contribution in [3.63, 3.8) is 0 Å². The molecule has 1 aliphatic heterocycles. The van der Waals surface area contributed by atoms with Crippen LogP contribution in [0.1, 0.15) is 29.6 Å². The lowest BCUT2D eigenvalue weighted by atomic mass is 10.1. The summed E-state index contributed by atoms with van der Waals surface area (Å²) in [6, 6.07) is 3.38. The van der Waals surface area contributed by atoms with Gasteiger partial charge in [-0.2, -0.15) is 0 Å². The van der Waals surface area contributed by atoms with E-state index in [4.69, 9.17) is 5.11 Å². The van der Waals surface area contributed by atoms with Gasteiger partial charge in [0.05, 0.1) is 11.3 Å². The Morgan fingerprint density at radius 1 is 1.35 bits per heavy atom. The molecule has 4 nitrogen and oxygen atoms in total. The van der Waals surface area contributed by atoms with Gasteiger partial charge < -0.3 is 10.0 Å². The van der Waals surface area contributed by atoms with E-state index in [1.54, 1.807) is 0 Å². The molecule has 2 rings (SSSR count). The van der Waals surface area contributed by atoms with E-state index in [1.165, 1.54) is 11.0 Å². The molecule has 0 saturated carbocycles. The fourth-order valence-electron chi connectivity index (χ4n) is 1.97. The van der Waals surface area contributed by atoms with E-state index < -0.39 is 11.8 Å². The molecule has 1 amide bonds. The third kappa shape index (κ3) is 2.27. The van der Waals surface area contributed by atoms with Gasteiger partial charge in [0.1, 0.15) is 5.82 Å². The minimum absolute atomic E-state index is 0.0401. The van der Waals surface area contributed by atoms with Gasteiger partial charge in [0.25, 0.3) is 0 Å². The van der Waals surface area contributed by atoms with E-state index in [1.807, 2.05) is 0 Å². The number of aromatic carboxylic acids is 1. The molecule has 0 spiro atoms. The molecular formula is C12H12FNO3. The first-order valence-electron chi connectivity index (χ1n) is 5.43. The molecule has 1 aromatic rings. The summed E-state index contributed by atoms with van der Waals surface area (Å²) >= 11 is 0. The van der Waals surface area contributed by atoms with Crippen LogP contribution in [0.3, 0.4) is 0 Å². The topological polar surface area (TPSA) is 57.6 Å². The Morgan fingerprint density at radius 2 is 2.12 bits per heavy atom. The van der Waals surface area contributed by atoms with E-state index in [-0.39, 0.29) is 17.2 Å². The van der Waals surface area contributed by atoms with E-state index in [0.717, 1.165) is 25.0 Å². The summed E-state index contributed by atoms with van der Waals surface area (Å²) in [5.41, 5.74) is 0.115. The van der Waals surface area contributed by atoms with Crippen LogP contribution in [0, 0.1) is 5.82 Å². The molecule has 1 aromatic carbocycles. The molecule has 1 N–H and O–H groups in total. The average Bonchev–Trinajstić information content (AvgIpc) is 2.29. The summed E-state index contributed by atoms with van der Waals surface area (Å²) in [6.45, 7) is 0.447. The van der Waals surface area contributed by atoms with E-state index >= 15 is 0 Å². The zero-order valence-corrected chi connectivity index (χ0v) is 9.15. The lowest BCUT2D eigenvalue weighted by molar-refractivity contribution is -0.119. The standard InChI is InChI=1S/C12H12FNO3/c13-8-4-5-9(12(16)17)10(7-8)14-6-2-1-3-11(14)15/h4-5,7H,1-3,6H2,(H,16,17). The van der Waals surface area contributed by atoms with Gasteiger partial charge in [-0.15, -0.1) is 0 Å². The van der Waals surface area contributed by atoms with E-state index in [2.05, 4.69) is 0 Å². The Morgan fingerprint density at radius 3 is 2.76 bits per heavy atom. The van der Waals surface area contributed by atoms with Gasteiger partial charge in [-0.25, -0.2) is 9.18 Å². The van der Waals surface area contributed by atoms with Gasteiger partial charge in [0, 0.05) is 13.0 Å². The molecule has 17 heavy (non-hydrogen) atoms. The molecule has 0 unspecified atom stereocenters. The number of nitrogens with zero attached hydrogens (tertiary/aromatic N) is 1. The number of amides is 1. The van der Waals surface area contributed by atoms with Crippen LogP contribution < -0.4 is 4.90 Å². The smallest absolute Gasteiger partial charge is 0.337 e. The predicted octanol–water partition coefficient (Wildman–Crippen LogP) is 2.04. The molecule has 1 aliphatic rings. The number of benzene rings is 1. The Kier molecular flexibility index (Phi) is 3.08. The molecule has 1 saturated heterocycles. The zero-order chi connectivity index (χ0) is 12.4. The predicted molar refractivity (Wildman–Crippen MR) is 59.6 cm³/mol. The summed E-state index contributed by atoms with van der Waals surface area (Å²) in [6.07, 6.45) is 1.99. The normalized spacial score (nSPS) is 16.1. The van der Waals surface area contributed by atoms with Crippen molar-refractivity contribution in [3.05, 3.63) is 29.6 Å². The maximum atomic E-state index is 13.2. The fraction of sp³-hybridized carbons (Fsp3) is 0.333. The van der Waals surface area contributed by atoms with Gasteiger partial charge in [0.2, 0.25) is 5.91 Å². The van der Waals surface area contributed by atoms with Crippen LogP contribution in [-0.2, 0) is 4.79 Å². The van der Waals surface area contributed by atoms with Crippen LogP contribution in [0.5, 0.6) is 0 Å². The van der Waals surface area contributed by atoms with Crippen LogP contribution in [0.2, 0.25) is 0 Å². The lowest BCUT2D eigenvalue weighted by Crippen LogP contribution is -2.36. The minimum Gasteiger partial charge on any atom is -0.478 e. The van der Waals surface area contributed by atoms with Crippen LogP contribution >= 0.6 is 0 Å². The van der Waals surface area contributed by atoms with Crippen molar-refractivity contribution in [1.82, 2.24) is 0 Å². The highest BCUT2D eigenvalue weighted by Crippen LogP contribution is 2.26. The molecule has 5 heteroatoms. The minimum atomic E-state index is -1.15. The summed E-state index contributed by atoms with van der Waals surface area (Å²) in [7, 11) is 0. The van der Waals surface area contributed by atoms with Gasteiger partial charge in [-0.1, -0.05) is 0 Å². The molecular weight excluding hydrogens is 225 g/mol. The van der Waals surface area contributed by atoms with Crippen LogP contribution in [0.4, 0.5) is 10.1 Å². The van der Waals surface area contributed by atoms with Crippen molar-refractivity contribution in [2.45, 2.75) is 19.3 Å². The zero-order valence-electron chi connectivity index (χ0n) is 9.15. The van der Waals surface area contributed by atoms with Crippen LogP contribution in [-0.4, -0.2) is 23.5 Å². The van der Waals surface area contributed by atoms with Gasteiger partial charge in [-0.3, -0.25) is 4.79 Å². The maximum absolute atomic E-state index is 13.2. The largest absolute Gasteiger partial charge is 0.478 e. The van der Waals surface area contributed by atoms with E-state index in [0.29, 0.717) is 13.0 Å². The molecule has 0 atom stereocenters. The number of hydrogen-bond acceptors (Lipinski definition) is 2. The van der Waals surface area contributed by atoms with Crippen LogP contribution in [0.15, 0.2) is 18.2 Å². The fourth-order valence-corrected chi connectivity index (χ4v) is 1.97. The lowest BCUT2D eigenvalue weighted by Gasteiger charge is -2.27.